The van der Waals surface area contributed by atoms with Crippen LogP contribution in [0.1, 0.15) is 71.1 Å². The fourth-order valence-corrected chi connectivity index (χ4v) is 4.38. The summed E-state index contributed by atoms with van der Waals surface area (Å²) in [5, 5.41) is 29.1. The molecule has 0 aromatic rings. The number of hydrogen-bond acceptors (Lipinski definition) is 3. The first kappa shape index (κ1) is 20.2. The van der Waals surface area contributed by atoms with Crippen molar-refractivity contribution >= 4 is 5.97 Å². The molecule has 25 heavy (non-hydrogen) atoms. The number of hydrogen-bond donors (Lipinski definition) is 3. The molecule has 142 valence electrons. The van der Waals surface area contributed by atoms with Crippen LogP contribution in [-0.2, 0) is 4.79 Å². The lowest BCUT2D eigenvalue weighted by molar-refractivity contribution is -0.137. The molecule has 3 N–H and O–H groups in total. The number of rotatable bonds is 11. The number of carbonyl (C=O) groups is 1. The van der Waals surface area contributed by atoms with Crippen LogP contribution < -0.4 is 0 Å². The van der Waals surface area contributed by atoms with Gasteiger partial charge in [0.15, 0.2) is 0 Å². The molecule has 0 amide bonds. The predicted molar refractivity (Wildman–Crippen MR) is 99.2 cm³/mol. The summed E-state index contributed by atoms with van der Waals surface area (Å²) in [6.45, 7) is 2.16. The highest BCUT2D eigenvalue weighted by Crippen LogP contribution is 2.48. The Bertz CT molecular complexity index is 482. The standard InChI is InChI=1S/C21H34O4/c1-2-3-4-8-17(22)10-11-18-19-13-15(7-5-6-9-21(24)25)12-16(19)14-20(18)23/h10-12,16-20,22-23H,2-9,13-14H2,1H3,(H,24,25)/b11-10+/t16?,17-,18?,19-,20+/m0/s1. The molecule has 2 unspecified atom stereocenters. The minimum Gasteiger partial charge on any atom is -0.481 e. The Balaban J connectivity index is 1.78. The minimum absolute atomic E-state index is 0.138. The summed E-state index contributed by atoms with van der Waals surface area (Å²) in [6.07, 6.45) is 14.4. The van der Waals surface area contributed by atoms with Crippen molar-refractivity contribution in [2.24, 2.45) is 17.8 Å². The summed E-state index contributed by atoms with van der Waals surface area (Å²) in [4.78, 5) is 10.6. The van der Waals surface area contributed by atoms with Crippen molar-refractivity contribution in [2.75, 3.05) is 0 Å². The van der Waals surface area contributed by atoms with E-state index in [0.717, 1.165) is 57.8 Å². The summed E-state index contributed by atoms with van der Waals surface area (Å²) in [5.74, 6) is 0.307. The number of carboxylic acid groups (broad SMARTS) is 1. The molecule has 0 aliphatic heterocycles. The number of aliphatic hydroxyl groups excluding tert-OH is 2. The molecule has 0 radical (unpaired) electrons. The predicted octanol–water partition coefficient (Wildman–Crippen LogP) is 4.07. The second-order valence-corrected chi connectivity index (χ2v) is 7.79. The fourth-order valence-electron chi connectivity index (χ4n) is 4.38. The maximum atomic E-state index is 10.6. The zero-order valence-electron chi connectivity index (χ0n) is 15.4. The highest BCUT2D eigenvalue weighted by molar-refractivity contribution is 5.66. The summed E-state index contributed by atoms with van der Waals surface area (Å²) in [6, 6.07) is 0. The smallest absolute Gasteiger partial charge is 0.303 e. The van der Waals surface area contributed by atoms with Crippen LogP contribution in [0.4, 0.5) is 0 Å². The average Bonchev–Trinajstić information content (AvgIpc) is 3.06. The lowest BCUT2D eigenvalue weighted by Crippen LogP contribution is -2.18. The van der Waals surface area contributed by atoms with E-state index in [4.69, 9.17) is 5.11 Å². The van der Waals surface area contributed by atoms with E-state index in [1.807, 2.05) is 12.2 Å². The molecule has 0 aromatic carbocycles. The van der Waals surface area contributed by atoms with Gasteiger partial charge in [0.1, 0.15) is 0 Å². The van der Waals surface area contributed by atoms with Crippen molar-refractivity contribution in [2.45, 2.75) is 83.3 Å². The average molecular weight is 350 g/mol. The lowest BCUT2D eigenvalue weighted by atomic mass is 9.88. The van der Waals surface area contributed by atoms with E-state index < -0.39 is 12.1 Å². The van der Waals surface area contributed by atoms with E-state index in [9.17, 15) is 15.0 Å². The molecule has 2 rings (SSSR count). The van der Waals surface area contributed by atoms with Gasteiger partial charge in [0.2, 0.25) is 0 Å². The third-order valence-corrected chi connectivity index (χ3v) is 5.75. The zero-order chi connectivity index (χ0) is 18.2. The second kappa shape index (κ2) is 10.1. The molecule has 0 heterocycles. The van der Waals surface area contributed by atoms with E-state index in [2.05, 4.69) is 13.0 Å². The number of aliphatic carboxylic acids is 1. The molecular formula is C21H34O4. The maximum Gasteiger partial charge on any atom is 0.303 e. The van der Waals surface area contributed by atoms with Gasteiger partial charge in [-0.2, -0.15) is 0 Å². The van der Waals surface area contributed by atoms with Crippen LogP contribution >= 0.6 is 0 Å². The van der Waals surface area contributed by atoms with Crippen molar-refractivity contribution in [3.63, 3.8) is 0 Å². The summed E-state index contributed by atoms with van der Waals surface area (Å²) >= 11 is 0. The van der Waals surface area contributed by atoms with Gasteiger partial charge in [0.05, 0.1) is 12.2 Å². The Hall–Kier alpha value is -1.13. The lowest BCUT2D eigenvalue weighted by Gasteiger charge is -2.19. The van der Waals surface area contributed by atoms with E-state index >= 15 is 0 Å². The van der Waals surface area contributed by atoms with Gasteiger partial charge >= 0.3 is 5.97 Å². The van der Waals surface area contributed by atoms with Gasteiger partial charge < -0.3 is 15.3 Å². The Kier molecular flexibility index (Phi) is 8.17. The summed E-state index contributed by atoms with van der Waals surface area (Å²) in [5.41, 5.74) is 1.43. The molecular weight excluding hydrogens is 316 g/mol. The number of allylic oxidation sites excluding steroid dienone is 2. The van der Waals surface area contributed by atoms with Gasteiger partial charge in [-0.3, -0.25) is 4.79 Å². The SMILES string of the molecule is CCCCC[C@H](O)/C=C/C1[C@H]2CC(CCCCC(=O)O)=CC2C[C@H]1O. The first-order valence-corrected chi connectivity index (χ1v) is 9.97. The molecule has 2 aliphatic carbocycles. The van der Waals surface area contributed by atoms with Crippen LogP contribution in [0, 0.1) is 17.8 Å². The van der Waals surface area contributed by atoms with Crippen LogP contribution in [0.25, 0.3) is 0 Å². The molecule has 0 saturated heterocycles. The number of unbranched alkanes of at least 4 members (excludes halogenated alkanes) is 3. The van der Waals surface area contributed by atoms with Crippen molar-refractivity contribution in [1.82, 2.24) is 0 Å². The molecule has 0 spiro atoms. The third-order valence-electron chi connectivity index (χ3n) is 5.75. The second-order valence-electron chi connectivity index (χ2n) is 7.79. The largest absolute Gasteiger partial charge is 0.481 e. The van der Waals surface area contributed by atoms with Crippen LogP contribution in [0.3, 0.4) is 0 Å². The van der Waals surface area contributed by atoms with Crippen LogP contribution in [-0.4, -0.2) is 33.5 Å². The van der Waals surface area contributed by atoms with Gasteiger partial charge in [-0.05, 0) is 50.4 Å². The Labute approximate surface area is 151 Å². The monoisotopic (exact) mass is 350 g/mol. The minimum atomic E-state index is -0.719. The molecule has 1 saturated carbocycles. The van der Waals surface area contributed by atoms with Crippen LogP contribution in [0.2, 0.25) is 0 Å². The van der Waals surface area contributed by atoms with Crippen molar-refractivity contribution < 1.29 is 20.1 Å². The maximum absolute atomic E-state index is 10.6. The van der Waals surface area contributed by atoms with Gasteiger partial charge in [0, 0.05) is 12.3 Å². The normalized spacial score (nSPS) is 29.8. The van der Waals surface area contributed by atoms with Crippen molar-refractivity contribution in [1.29, 1.82) is 0 Å². The fraction of sp³-hybridized carbons (Fsp3) is 0.762. The van der Waals surface area contributed by atoms with Crippen LogP contribution in [0.15, 0.2) is 23.8 Å². The highest BCUT2D eigenvalue weighted by atomic mass is 16.4. The molecule has 2 aliphatic rings. The summed E-state index contributed by atoms with van der Waals surface area (Å²) in [7, 11) is 0. The van der Waals surface area contributed by atoms with Crippen LogP contribution in [0.5, 0.6) is 0 Å². The Morgan fingerprint density at radius 2 is 2.12 bits per heavy atom. The number of carboxylic acids is 1. The number of fused-ring (bicyclic) bond motifs is 1. The van der Waals surface area contributed by atoms with Gasteiger partial charge in [-0.25, -0.2) is 0 Å². The van der Waals surface area contributed by atoms with Crippen molar-refractivity contribution in [3.05, 3.63) is 23.8 Å². The Morgan fingerprint density at radius 1 is 1.32 bits per heavy atom. The number of aliphatic hydroxyl groups is 2. The van der Waals surface area contributed by atoms with E-state index in [1.54, 1.807) is 0 Å². The molecule has 0 bridgehead atoms. The quantitative estimate of drug-likeness (QED) is 0.388. The molecule has 5 atom stereocenters. The first-order valence-electron chi connectivity index (χ1n) is 9.97. The Morgan fingerprint density at radius 3 is 2.84 bits per heavy atom. The molecule has 0 aromatic heterocycles. The van der Waals surface area contributed by atoms with E-state index in [-0.39, 0.29) is 18.4 Å². The molecule has 4 nitrogen and oxygen atoms in total. The summed E-state index contributed by atoms with van der Waals surface area (Å²) < 4.78 is 0. The first-order chi connectivity index (χ1) is 12.0. The topological polar surface area (TPSA) is 77.8 Å². The zero-order valence-corrected chi connectivity index (χ0v) is 15.4. The van der Waals surface area contributed by atoms with E-state index in [0.29, 0.717) is 11.8 Å². The third kappa shape index (κ3) is 6.27. The van der Waals surface area contributed by atoms with E-state index in [1.165, 1.54) is 5.57 Å². The molecule has 4 heteroatoms. The van der Waals surface area contributed by atoms with Gasteiger partial charge in [-0.15, -0.1) is 0 Å². The highest BCUT2D eigenvalue weighted by Gasteiger charge is 2.43. The van der Waals surface area contributed by atoms with Gasteiger partial charge in [0.25, 0.3) is 0 Å². The van der Waals surface area contributed by atoms with Crippen molar-refractivity contribution in [3.8, 4) is 0 Å². The van der Waals surface area contributed by atoms with Gasteiger partial charge in [-0.1, -0.05) is 50.0 Å². The molecule has 1 fully saturated rings.